The summed E-state index contributed by atoms with van der Waals surface area (Å²) in [6, 6.07) is -2.03. The van der Waals surface area contributed by atoms with Crippen molar-refractivity contribution in [2.45, 2.75) is 64.2 Å². The average Bonchev–Trinajstić information content (AvgIpc) is 2.70. The van der Waals surface area contributed by atoms with Crippen LogP contribution in [0.3, 0.4) is 0 Å². The Balaban J connectivity index is 1.86. The molecule has 2 fully saturated rings. The van der Waals surface area contributed by atoms with Crippen LogP contribution >= 0.6 is 0 Å². The first-order chi connectivity index (χ1) is 11.5. The molecule has 2 aliphatic rings. The number of carbonyl (C=O) groups excluding carboxylic acids is 2. The van der Waals surface area contributed by atoms with Crippen LogP contribution in [-0.4, -0.2) is 80.0 Å². The molecule has 2 heterocycles. The molecule has 0 saturated carbocycles. The molecule has 0 aromatic heterocycles. The van der Waals surface area contributed by atoms with Gasteiger partial charge in [0.15, 0.2) is 0 Å². The molecule has 3 atom stereocenters. The molecule has 10 heteroatoms. The number of nitrogens with one attached hydrogen (secondary N) is 1. The number of carbonyl (C=O) groups is 3. The average molecular weight is 358 g/mol. The smallest absolute Gasteiger partial charge is 0.408 e. The van der Waals surface area contributed by atoms with Crippen molar-refractivity contribution in [2.24, 2.45) is 0 Å². The quantitative estimate of drug-likeness (QED) is 0.495. The van der Waals surface area contributed by atoms with Crippen LogP contribution in [0.25, 0.3) is 0 Å². The molecule has 2 rings (SSSR count). The lowest BCUT2D eigenvalue weighted by molar-refractivity contribution is -0.140. The van der Waals surface area contributed by atoms with Crippen LogP contribution in [0.5, 0.6) is 0 Å². The van der Waals surface area contributed by atoms with Gasteiger partial charge in [0.05, 0.1) is 18.7 Å². The summed E-state index contributed by atoms with van der Waals surface area (Å²) in [5, 5.41) is 19.6. The van der Waals surface area contributed by atoms with Gasteiger partial charge in [-0.2, -0.15) is 0 Å². The number of rotatable bonds is 5. The zero-order valence-electron chi connectivity index (χ0n) is 14.9. The van der Waals surface area contributed by atoms with Crippen molar-refractivity contribution in [1.29, 1.82) is 0 Å². The van der Waals surface area contributed by atoms with Crippen molar-refractivity contribution in [3.05, 3.63) is 0 Å². The molecular weight excluding hydrogens is 332 g/mol. The molecule has 2 saturated heterocycles. The van der Waals surface area contributed by atoms with Gasteiger partial charge in [0.2, 0.25) is 0 Å². The maximum absolute atomic E-state index is 12.3. The number of hydrogen-bond acceptors (Lipinski definition) is 5. The summed E-state index contributed by atoms with van der Waals surface area (Å²) in [5.41, 5.74) is 1.69. The number of amides is 4. The molecule has 2 bridgehead atoms. The minimum atomic E-state index is -1.07. The van der Waals surface area contributed by atoms with E-state index in [2.05, 4.69) is 5.48 Å². The summed E-state index contributed by atoms with van der Waals surface area (Å²) in [6.45, 7) is 7.28. The number of hydrogen-bond donors (Lipinski definition) is 3. The van der Waals surface area contributed by atoms with Crippen LogP contribution in [0, 0.1) is 0 Å². The predicted octanol–water partition coefficient (Wildman–Crippen LogP) is 0.859. The molecule has 0 aromatic rings. The molecule has 0 unspecified atom stereocenters. The fourth-order valence-corrected chi connectivity index (χ4v) is 3.44. The monoisotopic (exact) mass is 358 g/mol. The Morgan fingerprint density at radius 2 is 2.04 bits per heavy atom. The van der Waals surface area contributed by atoms with Gasteiger partial charge in [-0.1, -0.05) is 0 Å². The van der Waals surface area contributed by atoms with E-state index < -0.39 is 35.7 Å². The third kappa shape index (κ3) is 3.96. The molecule has 0 aliphatic carbocycles. The third-order valence-electron chi connectivity index (χ3n) is 4.51. The number of nitrogens with zero attached hydrogens (tertiary/aromatic N) is 3. The Hall–Kier alpha value is -2.07. The van der Waals surface area contributed by atoms with Crippen molar-refractivity contribution >= 4 is 18.0 Å². The highest BCUT2D eigenvalue weighted by atomic mass is 16.7. The largest absolute Gasteiger partial charge is 0.465 e. The summed E-state index contributed by atoms with van der Waals surface area (Å²) < 4.78 is 0. The molecule has 0 aromatic carbocycles. The first-order valence-electron chi connectivity index (χ1n) is 8.26. The molecule has 10 nitrogen and oxygen atoms in total. The molecule has 2 aliphatic heterocycles. The number of carboxylic acid groups (broad SMARTS) is 1. The van der Waals surface area contributed by atoms with Gasteiger partial charge in [-0.3, -0.25) is 19.7 Å². The lowest BCUT2D eigenvalue weighted by atomic mass is 10.0. The van der Waals surface area contributed by atoms with E-state index in [1.54, 1.807) is 27.7 Å². The Kier molecular flexibility index (Phi) is 5.43. The maximum atomic E-state index is 12.3. The molecule has 3 N–H and O–H groups in total. The van der Waals surface area contributed by atoms with E-state index in [0.29, 0.717) is 24.4 Å². The fourth-order valence-electron chi connectivity index (χ4n) is 3.44. The van der Waals surface area contributed by atoms with Gasteiger partial charge in [0, 0.05) is 12.1 Å². The number of urea groups is 1. The van der Waals surface area contributed by atoms with E-state index in [-0.39, 0.29) is 12.6 Å². The van der Waals surface area contributed by atoms with E-state index in [4.69, 9.17) is 4.84 Å². The van der Waals surface area contributed by atoms with Crippen LogP contribution in [-0.2, 0) is 9.63 Å². The van der Waals surface area contributed by atoms with Gasteiger partial charge in [0.25, 0.3) is 5.91 Å². The lowest BCUT2D eigenvalue weighted by Crippen LogP contribution is -2.53. The first kappa shape index (κ1) is 19.3. The van der Waals surface area contributed by atoms with Crippen LogP contribution in [0.4, 0.5) is 9.59 Å². The zero-order valence-corrected chi connectivity index (χ0v) is 14.9. The molecule has 25 heavy (non-hydrogen) atoms. The summed E-state index contributed by atoms with van der Waals surface area (Å²) in [6.07, 6.45) is -0.107. The van der Waals surface area contributed by atoms with Crippen molar-refractivity contribution in [3.63, 3.8) is 0 Å². The second kappa shape index (κ2) is 7.04. The van der Waals surface area contributed by atoms with Crippen molar-refractivity contribution in [2.75, 3.05) is 13.2 Å². The molecule has 0 spiro atoms. The van der Waals surface area contributed by atoms with Crippen LogP contribution in [0.1, 0.15) is 40.5 Å². The van der Waals surface area contributed by atoms with Gasteiger partial charge in [-0.15, -0.1) is 0 Å². The molecule has 0 radical (unpaired) electrons. The van der Waals surface area contributed by atoms with Crippen molar-refractivity contribution in [1.82, 2.24) is 20.3 Å². The van der Waals surface area contributed by atoms with E-state index in [1.165, 1.54) is 9.80 Å². The third-order valence-corrected chi connectivity index (χ3v) is 4.51. The van der Waals surface area contributed by atoms with E-state index >= 15 is 0 Å². The first-order valence-corrected chi connectivity index (χ1v) is 8.26. The fraction of sp³-hybridized carbons (Fsp3) is 0.800. The van der Waals surface area contributed by atoms with Gasteiger partial charge in [0.1, 0.15) is 6.04 Å². The number of hydroxylamine groups is 3. The number of fused-ring (bicyclic) bond motifs is 2. The highest BCUT2D eigenvalue weighted by molar-refractivity contribution is 5.87. The lowest BCUT2D eigenvalue weighted by Gasteiger charge is -2.37. The zero-order chi connectivity index (χ0) is 18.9. The predicted molar refractivity (Wildman–Crippen MR) is 85.7 cm³/mol. The van der Waals surface area contributed by atoms with Crippen molar-refractivity contribution in [3.8, 4) is 0 Å². The summed E-state index contributed by atoms with van der Waals surface area (Å²) in [5.74, 6) is -0.480. The molecular formula is C15H26N4O6. The second-order valence-electron chi connectivity index (χ2n) is 7.48. The highest BCUT2D eigenvalue weighted by Crippen LogP contribution is 2.28. The van der Waals surface area contributed by atoms with Gasteiger partial charge >= 0.3 is 12.1 Å². The van der Waals surface area contributed by atoms with Crippen LogP contribution in [0.15, 0.2) is 0 Å². The Bertz CT molecular complexity index is 549. The standard InChI is InChI=1S/C15H26N4O6/c1-9(18(14(22)23)15(2,3)4)8-25-16-12(20)11-6-5-10-7-17(11)13(21)19(10)24/h9-11,24H,5-8H2,1-4H3,(H,16,20)(H,22,23)/t9-,10+,11-/m0/s1. The summed E-state index contributed by atoms with van der Waals surface area (Å²) in [4.78, 5) is 43.3. The summed E-state index contributed by atoms with van der Waals surface area (Å²) in [7, 11) is 0. The van der Waals surface area contributed by atoms with Crippen LogP contribution < -0.4 is 5.48 Å². The van der Waals surface area contributed by atoms with Gasteiger partial charge in [-0.25, -0.2) is 20.1 Å². The van der Waals surface area contributed by atoms with Gasteiger partial charge < -0.3 is 10.0 Å². The molecule has 4 amide bonds. The van der Waals surface area contributed by atoms with E-state index in [0.717, 1.165) is 0 Å². The molecule has 142 valence electrons. The Morgan fingerprint density at radius 1 is 1.40 bits per heavy atom. The normalized spacial score (nSPS) is 24.3. The van der Waals surface area contributed by atoms with E-state index in [9.17, 15) is 24.7 Å². The number of piperidine rings is 1. The minimum Gasteiger partial charge on any atom is -0.465 e. The highest BCUT2D eigenvalue weighted by Gasteiger charge is 2.46. The topological polar surface area (TPSA) is 123 Å². The SMILES string of the molecule is C[C@@H](CONC(=O)[C@@H]1CC[C@@H]2CN1C(=O)N2O)N(C(=O)O)C(C)(C)C. The van der Waals surface area contributed by atoms with E-state index in [1.807, 2.05) is 0 Å². The maximum Gasteiger partial charge on any atom is 0.408 e. The Labute approximate surface area is 146 Å². The van der Waals surface area contributed by atoms with Crippen molar-refractivity contribution < 1.29 is 29.5 Å². The minimum absolute atomic E-state index is 0.0231. The van der Waals surface area contributed by atoms with Gasteiger partial charge in [-0.05, 0) is 40.5 Å². The second-order valence-corrected chi connectivity index (χ2v) is 7.48. The Morgan fingerprint density at radius 3 is 2.60 bits per heavy atom. The summed E-state index contributed by atoms with van der Waals surface area (Å²) >= 11 is 0. The van der Waals surface area contributed by atoms with Crippen LogP contribution in [0.2, 0.25) is 0 Å².